The highest BCUT2D eigenvalue weighted by Crippen LogP contribution is 2.31. The van der Waals surface area contributed by atoms with Gasteiger partial charge in [-0.05, 0) is 63.1 Å². The molecule has 1 aromatic rings. The molecule has 0 amide bonds. The van der Waals surface area contributed by atoms with Crippen LogP contribution in [0, 0.1) is 0 Å². The molecule has 1 saturated carbocycles. The van der Waals surface area contributed by atoms with Crippen LogP contribution in [0.2, 0.25) is 0 Å². The Bertz CT molecular complexity index is 595. The summed E-state index contributed by atoms with van der Waals surface area (Å²) in [4.78, 5) is 9.30. The number of guanidine groups is 1. The van der Waals surface area contributed by atoms with Crippen LogP contribution in [0.15, 0.2) is 29.3 Å². The second-order valence-electron chi connectivity index (χ2n) is 7.82. The van der Waals surface area contributed by atoms with Gasteiger partial charge in [-0.3, -0.25) is 4.99 Å². The van der Waals surface area contributed by atoms with Crippen LogP contribution in [0.1, 0.15) is 51.0 Å². The molecule has 0 bridgehead atoms. The van der Waals surface area contributed by atoms with Crippen molar-refractivity contribution in [3.05, 3.63) is 29.8 Å². The molecule has 2 fully saturated rings. The molecule has 0 atom stereocenters. The summed E-state index contributed by atoms with van der Waals surface area (Å²) in [7, 11) is 2.06. The predicted molar refractivity (Wildman–Crippen MR) is 124 cm³/mol. The number of aliphatic hydroxyl groups is 1. The van der Waals surface area contributed by atoms with Crippen molar-refractivity contribution >= 4 is 35.6 Å². The number of anilines is 1. The summed E-state index contributed by atoms with van der Waals surface area (Å²) in [6.07, 6.45) is 6.83. The molecule has 1 aromatic carbocycles. The molecule has 1 aliphatic heterocycles. The van der Waals surface area contributed by atoms with Crippen molar-refractivity contribution in [3.8, 4) is 0 Å². The minimum atomic E-state index is -0.572. The average Bonchev–Trinajstić information content (AvgIpc) is 2.65. The zero-order valence-electron chi connectivity index (χ0n) is 16.8. The van der Waals surface area contributed by atoms with Crippen molar-refractivity contribution in [1.29, 1.82) is 0 Å². The molecule has 1 saturated heterocycles. The second kappa shape index (κ2) is 10.5. The van der Waals surface area contributed by atoms with Crippen LogP contribution in [-0.4, -0.2) is 54.8 Å². The Hall–Kier alpha value is -1.02. The van der Waals surface area contributed by atoms with Crippen LogP contribution in [-0.2, 0) is 6.54 Å². The minimum Gasteiger partial charge on any atom is -0.388 e. The highest BCUT2D eigenvalue weighted by molar-refractivity contribution is 14.0. The molecule has 2 aliphatic rings. The summed E-state index contributed by atoms with van der Waals surface area (Å²) in [5.74, 6) is 0.868. The smallest absolute Gasteiger partial charge is 0.194 e. The minimum absolute atomic E-state index is 0. The third-order valence-electron chi connectivity index (χ3n) is 5.58. The van der Waals surface area contributed by atoms with Crippen LogP contribution >= 0.6 is 24.0 Å². The Kier molecular flexibility index (Phi) is 8.66. The number of hydrogen-bond donors (Lipinski definition) is 2. The van der Waals surface area contributed by atoms with Crippen LogP contribution in [0.5, 0.6) is 0 Å². The molecule has 152 valence electrons. The molecule has 0 aromatic heterocycles. The van der Waals surface area contributed by atoms with E-state index in [1.807, 2.05) is 0 Å². The number of aliphatic imine (C=N–C) groups is 1. The Labute approximate surface area is 181 Å². The molecule has 1 aliphatic carbocycles. The monoisotopic (exact) mass is 486 g/mol. The number of halogens is 1. The number of benzene rings is 1. The van der Waals surface area contributed by atoms with Gasteiger partial charge in [-0.25, -0.2) is 0 Å². The van der Waals surface area contributed by atoms with Gasteiger partial charge in [0.2, 0.25) is 0 Å². The van der Waals surface area contributed by atoms with Gasteiger partial charge >= 0.3 is 0 Å². The van der Waals surface area contributed by atoms with Crippen molar-refractivity contribution in [3.63, 3.8) is 0 Å². The van der Waals surface area contributed by atoms with Crippen LogP contribution < -0.4 is 10.2 Å². The van der Waals surface area contributed by atoms with E-state index in [0.717, 1.165) is 38.3 Å². The molecule has 1 heterocycles. The normalized spacial score (nSPS) is 19.1. The maximum atomic E-state index is 10.3. The fourth-order valence-corrected chi connectivity index (χ4v) is 3.75. The standard InChI is InChI=1S/C21H34N4O.HI/c1-3-22-20(23-17-21(26)12-7-13-21)24(2)16-18-8-10-19(11-9-18)25-14-5-4-6-15-25;/h8-11,26H,3-7,12-17H2,1-2H3,(H,22,23);1H. The highest BCUT2D eigenvalue weighted by atomic mass is 127. The van der Waals surface area contributed by atoms with Gasteiger partial charge in [-0.2, -0.15) is 0 Å². The van der Waals surface area contributed by atoms with Gasteiger partial charge in [-0.15, -0.1) is 24.0 Å². The van der Waals surface area contributed by atoms with Crippen molar-refractivity contribution in [2.24, 2.45) is 4.99 Å². The van der Waals surface area contributed by atoms with Crippen molar-refractivity contribution < 1.29 is 5.11 Å². The van der Waals surface area contributed by atoms with Crippen molar-refractivity contribution in [1.82, 2.24) is 10.2 Å². The van der Waals surface area contributed by atoms with E-state index >= 15 is 0 Å². The molecular weight excluding hydrogens is 451 g/mol. The fourth-order valence-electron chi connectivity index (χ4n) is 3.75. The highest BCUT2D eigenvalue weighted by Gasteiger charge is 2.34. The van der Waals surface area contributed by atoms with Crippen LogP contribution in [0.25, 0.3) is 0 Å². The molecule has 5 nitrogen and oxygen atoms in total. The molecule has 3 rings (SSSR count). The van der Waals surface area contributed by atoms with E-state index in [9.17, 15) is 5.11 Å². The average molecular weight is 486 g/mol. The first-order valence-corrected chi connectivity index (χ1v) is 10.2. The maximum absolute atomic E-state index is 10.3. The lowest BCUT2D eigenvalue weighted by atomic mass is 9.80. The maximum Gasteiger partial charge on any atom is 0.194 e. The van der Waals surface area contributed by atoms with Crippen molar-refractivity contribution in [2.45, 2.75) is 57.6 Å². The molecule has 27 heavy (non-hydrogen) atoms. The summed E-state index contributed by atoms with van der Waals surface area (Å²) in [5.41, 5.74) is 2.04. The third-order valence-corrected chi connectivity index (χ3v) is 5.58. The summed E-state index contributed by atoms with van der Waals surface area (Å²) < 4.78 is 0. The molecule has 0 unspecified atom stereocenters. The van der Waals surface area contributed by atoms with Crippen LogP contribution in [0.3, 0.4) is 0 Å². The SMILES string of the molecule is CCNC(=NCC1(O)CCC1)N(C)Cc1ccc(N2CCCCC2)cc1.I. The van der Waals surface area contributed by atoms with Gasteiger partial charge in [0, 0.05) is 38.9 Å². The Morgan fingerprint density at radius 1 is 1.15 bits per heavy atom. The van der Waals surface area contributed by atoms with Gasteiger partial charge < -0.3 is 20.2 Å². The first kappa shape index (κ1) is 22.3. The first-order chi connectivity index (χ1) is 12.6. The molecule has 0 radical (unpaired) electrons. The zero-order valence-corrected chi connectivity index (χ0v) is 19.1. The van der Waals surface area contributed by atoms with E-state index in [1.54, 1.807) is 0 Å². The Morgan fingerprint density at radius 3 is 2.37 bits per heavy atom. The van der Waals surface area contributed by atoms with E-state index in [4.69, 9.17) is 0 Å². The van der Waals surface area contributed by atoms with E-state index in [2.05, 4.69) is 58.3 Å². The summed E-state index contributed by atoms with van der Waals surface area (Å²) in [6.45, 7) is 6.57. The Morgan fingerprint density at radius 2 is 1.81 bits per heavy atom. The van der Waals surface area contributed by atoms with E-state index < -0.39 is 5.60 Å². The summed E-state index contributed by atoms with van der Waals surface area (Å²) in [6, 6.07) is 8.94. The number of nitrogens with one attached hydrogen (secondary N) is 1. The Balaban J connectivity index is 0.00000261. The third kappa shape index (κ3) is 6.24. The summed E-state index contributed by atoms with van der Waals surface area (Å²) in [5, 5.41) is 13.6. The molecule has 2 N–H and O–H groups in total. The van der Waals surface area contributed by atoms with E-state index in [1.165, 1.54) is 43.6 Å². The van der Waals surface area contributed by atoms with Crippen molar-refractivity contribution in [2.75, 3.05) is 38.1 Å². The largest absolute Gasteiger partial charge is 0.388 e. The van der Waals surface area contributed by atoms with Gasteiger partial charge in [0.25, 0.3) is 0 Å². The number of piperidine rings is 1. The number of nitrogens with zero attached hydrogens (tertiary/aromatic N) is 3. The quantitative estimate of drug-likeness (QED) is 0.367. The topological polar surface area (TPSA) is 51.1 Å². The molecule has 6 heteroatoms. The first-order valence-electron chi connectivity index (χ1n) is 10.2. The predicted octanol–water partition coefficient (Wildman–Crippen LogP) is 3.61. The van der Waals surface area contributed by atoms with E-state index in [0.29, 0.717) is 6.54 Å². The lowest BCUT2D eigenvalue weighted by molar-refractivity contribution is -0.0237. The van der Waals surface area contributed by atoms with Gasteiger partial charge in [0.1, 0.15) is 0 Å². The molecule has 0 spiro atoms. The summed E-state index contributed by atoms with van der Waals surface area (Å²) >= 11 is 0. The fraction of sp³-hybridized carbons (Fsp3) is 0.667. The lowest BCUT2D eigenvalue weighted by Crippen LogP contribution is -2.43. The number of hydrogen-bond acceptors (Lipinski definition) is 3. The van der Waals surface area contributed by atoms with Gasteiger partial charge in [-0.1, -0.05) is 12.1 Å². The second-order valence-corrected chi connectivity index (χ2v) is 7.82. The van der Waals surface area contributed by atoms with Gasteiger partial charge in [0.15, 0.2) is 5.96 Å². The number of rotatable bonds is 6. The van der Waals surface area contributed by atoms with E-state index in [-0.39, 0.29) is 24.0 Å². The molecular formula is C21H35IN4O. The van der Waals surface area contributed by atoms with Gasteiger partial charge in [0.05, 0.1) is 12.1 Å². The lowest BCUT2D eigenvalue weighted by Gasteiger charge is -2.35. The zero-order chi connectivity index (χ0) is 18.4. The van der Waals surface area contributed by atoms with Crippen LogP contribution in [0.4, 0.5) is 5.69 Å².